The van der Waals surface area contributed by atoms with Crippen LogP contribution in [-0.2, 0) is 31.3 Å². The van der Waals surface area contributed by atoms with E-state index in [0.717, 1.165) is 5.56 Å². The molecular weight excluding hydrogens is 600 g/mol. The molecule has 0 spiro atoms. The number of esters is 1. The van der Waals surface area contributed by atoms with Gasteiger partial charge >= 0.3 is 5.97 Å². The zero-order valence-corrected chi connectivity index (χ0v) is 26.6. The quantitative estimate of drug-likeness (QED) is 0.108. The third-order valence-corrected chi connectivity index (χ3v) is 8.66. The first-order chi connectivity index (χ1) is 22.7. The minimum Gasteiger partial charge on any atom is -0.469 e. The molecule has 0 radical (unpaired) electrons. The number of nitrogens with one attached hydrogen (secondary N) is 1. The van der Waals surface area contributed by atoms with Crippen LogP contribution >= 0.6 is 0 Å². The summed E-state index contributed by atoms with van der Waals surface area (Å²) in [5, 5.41) is 25.4. The molecule has 2 heterocycles. The highest BCUT2D eigenvalue weighted by molar-refractivity contribution is 6.07. The number of nitrogens with zero attached hydrogens (tertiary/aromatic N) is 3. The predicted molar refractivity (Wildman–Crippen MR) is 178 cm³/mol. The number of aliphatic hydroxyl groups excluding tert-OH is 1. The van der Waals surface area contributed by atoms with Crippen LogP contribution in [0, 0.1) is 5.92 Å². The number of aliphatic hydroxyl groups is 2. The molecule has 0 bridgehead atoms. The van der Waals surface area contributed by atoms with Gasteiger partial charge in [-0.1, -0.05) is 61.5 Å². The maximum atomic E-state index is 14.0. The molecular formula is C36H40N4O7. The maximum Gasteiger partial charge on any atom is 0.305 e. The molecule has 11 nitrogen and oxygen atoms in total. The molecule has 1 aliphatic rings. The van der Waals surface area contributed by atoms with Crippen LogP contribution in [0.25, 0.3) is 16.6 Å². The van der Waals surface area contributed by atoms with Crippen molar-refractivity contribution in [3.63, 3.8) is 0 Å². The summed E-state index contributed by atoms with van der Waals surface area (Å²) in [7, 11) is 1.33. The number of para-hydroxylation sites is 1. The molecule has 1 aliphatic heterocycles. The Morgan fingerprint density at radius 3 is 2.51 bits per heavy atom. The number of amides is 2. The number of hydrogen-bond donors (Lipinski definition) is 3. The highest BCUT2D eigenvalue weighted by Crippen LogP contribution is 2.46. The van der Waals surface area contributed by atoms with E-state index < -0.39 is 17.4 Å². The summed E-state index contributed by atoms with van der Waals surface area (Å²) in [4.78, 5) is 55.1. The van der Waals surface area contributed by atoms with E-state index in [1.165, 1.54) is 16.7 Å². The highest BCUT2D eigenvalue weighted by Gasteiger charge is 2.52. The number of anilines is 1. The van der Waals surface area contributed by atoms with Gasteiger partial charge in [-0.25, -0.2) is 4.68 Å². The standard InChI is InChI=1S/C36H40N4O7/c1-25(11-10-16-32(42)38(21-22-41)24-26-12-4-3-5-13-26)36(46)29-23-27(40-34(44)28-14-6-7-15-30(28)37-40)18-19-31(29)39(35(36)45)20-9-8-17-33(43)47-2/h3-7,10-15,18-19,23,25,37,41,46H,8-9,16-17,20-22,24H2,1-2H3/b11-10+/t25-,36+/m0/s1. The lowest BCUT2D eigenvalue weighted by atomic mass is 9.82. The molecule has 0 aliphatic carbocycles. The van der Waals surface area contributed by atoms with Crippen LogP contribution in [0.5, 0.6) is 0 Å². The Bertz CT molecular complexity index is 1830. The number of unbranched alkanes of at least 4 members (excludes halogenated alkanes) is 1. The Kier molecular flexibility index (Phi) is 10.4. The van der Waals surface area contributed by atoms with Gasteiger partial charge in [-0.2, -0.15) is 0 Å². The Morgan fingerprint density at radius 1 is 1.04 bits per heavy atom. The van der Waals surface area contributed by atoms with Gasteiger partial charge in [0.05, 0.1) is 36.0 Å². The van der Waals surface area contributed by atoms with Crippen LogP contribution in [0.2, 0.25) is 0 Å². The molecule has 3 N–H and O–H groups in total. The van der Waals surface area contributed by atoms with Crippen molar-refractivity contribution in [1.82, 2.24) is 14.7 Å². The van der Waals surface area contributed by atoms with Gasteiger partial charge < -0.3 is 24.7 Å². The van der Waals surface area contributed by atoms with E-state index in [-0.39, 0.29) is 50.0 Å². The SMILES string of the molecule is COC(=O)CCCCN1C(=O)[C@@](O)([C@@H](C)/C=C/CC(=O)N(CCO)Cc2ccccc2)c2cc(-n3[nH]c4ccccc4c3=O)ccc21. The smallest absolute Gasteiger partial charge is 0.305 e. The van der Waals surface area contributed by atoms with E-state index in [0.29, 0.717) is 47.2 Å². The summed E-state index contributed by atoms with van der Waals surface area (Å²) >= 11 is 0. The van der Waals surface area contributed by atoms with Crippen LogP contribution in [0.15, 0.2) is 89.7 Å². The Morgan fingerprint density at radius 2 is 1.79 bits per heavy atom. The average molecular weight is 641 g/mol. The van der Waals surface area contributed by atoms with Gasteiger partial charge in [-0.15, -0.1) is 0 Å². The topological polar surface area (TPSA) is 145 Å². The van der Waals surface area contributed by atoms with E-state index in [1.807, 2.05) is 36.4 Å². The summed E-state index contributed by atoms with van der Waals surface area (Å²) in [6.45, 7) is 2.32. The molecule has 5 rings (SSSR count). The Labute approximate surface area is 272 Å². The van der Waals surface area contributed by atoms with Crippen LogP contribution in [0.4, 0.5) is 5.69 Å². The van der Waals surface area contributed by atoms with Crippen LogP contribution in [0.1, 0.15) is 43.7 Å². The summed E-state index contributed by atoms with van der Waals surface area (Å²) in [5.74, 6) is -1.82. The molecule has 0 saturated carbocycles. The van der Waals surface area contributed by atoms with E-state index in [9.17, 15) is 29.4 Å². The van der Waals surface area contributed by atoms with Gasteiger partial charge in [0.1, 0.15) is 0 Å². The monoisotopic (exact) mass is 640 g/mol. The first-order valence-corrected chi connectivity index (χ1v) is 15.7. The van der Waals surface area contributed by atoms with Crippen LogP contribution in [0.3, 0.4) is 0 Å². The molecule has 4 aromatic rings. The molecule has 11 heteroatoms. The van der Waals surface area contributed by atoms with Crippen molar-refractivity contribution in [1.29, 1.82) is 0 Å². The molecule has 0 fully saturated rings. The number of methoxy groups -OCH3 is 1. The number of carbonyl (C=O) groups is 3. The summed E-state index contributed by atoms with van der Waals surface area (Å²) < 4.78 is 6.11. The molecule has 3 aromatic carbocycles. The zero-order chi connectivity index (χ0) is 33.6. The molecule has 2 amide bonds. The zero-order valence-electron chi connectivity index (χ0n) is 26.6. The summed E-state index contributed by atoms with van der Waals surface area (Å²) in [6.07, 6.45) is 4.51. The lowest BCUT2D eigenvalue weighted by molar-refractivity contribution is -0.140. The Balaban J connectivity index is 1.42. The second-order valence-electron chi connectivity index (χ2n) is 11.7. The number of benzene rings is 3. The normalized spacial score (nSPS) is 16.5. The van der Waals surface area contributed by atoms with Gasteiger partial charge in [0.15, 0.2) is 5.60 Å². The lowest BCUT2D eigenvalue weighted by Crippen LogP contribution is -2.44. The number of ether oxygens (including phenoxy) is 1. The average Bonchev–Trinajstić information content (AvgIpc) is 3.53. The number of H-pyrrole nitrogens is 1. The van der Waals surface area contributed by atoms with Gasteiger partial charge in [0.25, 0.3) is 11.5 Å². The minimum atomic E-state index is -1.99. The van der Waals surface area contributed by atoms with E-state index in [1.54, 1.807) is 60.4 Å². The maximum absolute atomic E-state index is 14.0. The fraction of sp³-hybridized carbons (Fsp3) is 0.333. The second kappa shape index (κ2) is 14.6. The number of carbonyl (C=O) groups excluding carboxylic acids is 3. The van der Waals surface area contributed by atoms with Gasteiger partial charge in [0, 0.05) is 44.0 Å². The molecule has 0 saturated heterocycles. The lowest BCUT2D eigenvalue weighted by Gasteiger charge is -2.28. The third kappa shape index (κ3) is 6.91. The van der Waals surface area contributed by atoms with Crippen LogP contribution in [-0.4, -0.2) is 69.5 Å². The van der Waals surface area contributed by atoms with Gasteiger partial charge in [0.2, 0.25) is 5.91 Å². The molecule has 47 heavy (non-hydrogen) atoms. The minimum absolute atomic E-state index is 0.00996. The summed E-state index contributed by atoms with van der Waals surface area (Å²) in [6, 6.07) is 21.7. The fourth-order valence-corrected chi connectivity index (χ4v) is 6.04. The first kappa shape index (κ1) is 33.4. The highest BCUT2D eigenvalue weighted by atomic mass is 16.5. The number of aromatic amines is 1. The van der Waals surface area contributed by atoms with E-state index in [4.69, 9.17) is 4.74 Å². The number of hydrogen-bond acceptors (Lipinski definition) is 7. The number of fused-ring (bicyclic) bond motifs is 2. The second-order valence-corrected chi connectivity index (χ2v) is 11.7. The Hall–Kier alpha value is -5.00. The van der Waals surface area contributed by atoms with Gasteiger partial charge in [-0.3, -0.25) is 24.3 Å². The van der Waals surface area contributed by atoms with Crippen molar-refractivity contribution in [2.75, 3.05) is 31.7 Å². The number of aromatic nitrogens is 2. The van der Waals surface area contributed by atoms with Gasteiger partial charge in [-0.05, 0) is 48.7 Å². The van der Waals surface area contributed by atoms with Crippen molar-refractivity contribution in [2.45, 2.75) is 44.8 Å². The largest absolute Gasteiger partial charge is 0.469 e. The third-order valence-electron chi connectivity index (χ3n) is 8.66. The van der Waals surface area contributed by atoms with Crippen molar-refractivity contribution in [2.24, 2.45) is 5.92 Å². The van der Waals surface area contributed by atoms with E-state index in [2.05, 4.69) is 5.10 Å². The fourth-order valence-electron chi connectivity index (χ4n) is 6.04. The van der Waals surface area contributed by atoms with Crippen LogP contribution < -0.4 is 10.5 Å². The van der Waals surface area contributed by atoms with Crippen molar-refractivity contribution in [3.05, 3.63) is 106 Å². The van der Waals surface area contributed by atoms with Crippen molar-refractivity contribution in [3.8, 4) is 5.69 Å². The van der Waals surface area contributed by atoms with E-state index >= 15 is 0 Å². The predicted octanol–water partition coefficient (Wildman–Crippen LogP) is 3.80. The molecule has 0 unspecified atom stereocenters. The molecule has 246 valence electrons. The molecule has 1 aromatic heterocycles. The van der Waals surface area contributed by atoms with Crippen molar-refractivity contribution >= 4 is 34.4 Å². The van der Waals surface area contributed by atoms with Crippen molar-refractivity contribution < 1.29 is 29.3 Å². The summed E-state index contributed by atoms with van der Waals surface area (Å²) in [5.41, 5.74) is 0.645. The first-order valence-electron chi connectivity index (χ1n) is 15.7. The molecule has 2 atom stereocenters. The number of rotatable bonds is 14.